The number of carbonyl (C=O) groups is 1. The summed E-state index contributed by atoms with van der Waals surface area (Å²) < 4.78 is 62.5. The molecule has 0 fully saturated rings. The Morgan fingerprint density at radius 1 is 1.23 bits per heavy atom. The Morgan fingerprint density at radius 2 is 1.69 bits per heavy atom. The average Bonchev–Trinajstić information content (AvgIpc) is 1.83. The first-order chi connectivity index (χ1) is 5.70. The number of carbonyl (C=O) groups excluding carboxylic acids is 1. The first kappa shape index (κ1) is 12.1. The molecule has 78 valence electrons. The minimum absolute atomic E-state index is 0.229. The van der Waals surface area contributed by atoms with Gasteiger partial charge in [0, 0.05) is 0 Å². The molecular weight excluding hydrogens is 199 g/mol. The summed E-state index contributed by atoms with van der Waals surface area (Å²) in [5.74, 6) is -6.58. The highest BCUT2D eigenvalue weighted by atomic mass is 19.4. The van der Waals surface area contributed by atoms with Gasteiger partial charge >= 0.3 is 18.1 Å². The molecule has 0 amide bonds. The van der Waals surface area contributed by atoms with Crippen LogP contribution in [-0.4, -0.2) is 24.7 Å². The van der Waals surface area contributed by atoms with E-state index in [1.54, 1.807) is 0 Å². The number of hydrogen-bond donors (Lipinski definition) is 0. The fourth-order valence-corrected chi connectivity index (χ4v) is 0.494. The summed E-state index contributed by atoms with van der Waals surface area (Å²) in [5.41, 5.74) is 0. The molecule has 0 heterocycles. The lowest BCUT2D eigenvalue weighted by atomic mass is 10.2. The van der Waals surface area contributed by atoms with Gasteiger partial charge in [-0.25, -0.2) is 0 Å². The predicted molar refractivity (Wildman–Crippen MR) is 32.3 cm³/mol. The maximum absolute atomic E-state index is 12.1. The second-order valence-corrected chi connectivity index (χ2v) is 2.18. The fraction of sp³-hybridized carbons (Fsp3) is 0.833. The van der Waals surface area contributed by atoms with Crippen LogP contribution in [-0.2, 0) is 9.53 Å². The Hall–Kier alpha value is -0.880. The molecule has 0 saturated carbocycles. The molecule has 0 spiro atoms. The van der Waals surface area contributed by atoms with Crippen LogP contribution in [0.3, 0.4) is 0 Å². The summed E-state index contributed by atoms with van der Waals surface area (Å²) in [6.45, 7) is 1.08. The first-order valence-electron chi connectivity index (χ1n) is 3.31. The molecular formula is C6H7F5O2. The number of ether oxygens (including phenoxy) is 1. The van der Waals surface area contributed by atoms with Crippen LogP contribution in [0.15, 0.2) is 0 Å². The van der Waals surface area contributed by atoms with Gasteiger partial charge in [-0.15, -0.1) is 0 Å². The van der Waals surface area contributed by atoms with Crippen LogP contribution < -0.4 is 0 Å². The first-order valence-corrected chi connectivity index (χ1v) is 3.31. The SMILES string of the molecule is CCOC(=O)CC(F)(F)C(F)(F)F. The van der Waals surface area contributed by atoms with Crippen LogP contribution in [0, 0.1) is 0 Å². The van der Waals surface area contributed by atoms with E-state index in [9.17, 15) is 26.7 Å². The predicted octanol–water partition coefficient (Wildman–Crippen LogP) is 2.14. The highest BCUT2D eigenvalue weighted by Crippen LogP contribution is 2.38. The van der Waals surface area contributed by atoms with Crippen molar-refractivity contribution in [3.05, 3.63) is 0 Å². The second-order valence-electron chi connectivity index (χ2n) is 2.18. The molecule has 0 aromatic carbocycles. The van der Waals surface area contributed by atoms with E-state index < -0.39 is 24.5 Å². The van der Waals surface area contributed by atoms with Crippen molar-refractivity contribution in [2.75, 3.05) is 6.61 Å². The highest BCUT2D eigenvalue weighted by molar-refractivity contribution is 5.70. The van der Waals surface area contributed by atoms with Gasteiger partial charge in [0.2, 0.25) is 0 Å². The molecule has 0 atom stereocenters. The van der Waals surface area contributed by atoms with Gasteiger partial charge in [0.25, 0.3) is 0 Å². The lowest BCUT2D eigenvalue weighted by molar-refractivity contribution is -0.283. The Bertz CT molecular complexity index is 186. The maximum atomic E-state index is 12.1. The summed E-state index contributed by atoms with van der Waals surface area (Å²) in [6, 6.07) is 0. The third-order valence-corrected chi connectivity index (χ3v) is 1.09. The minimum atomic E-state index is -5.71. The summed E-state index contributed by atoms with van der Waals surface area (Å²) >= 11 is 0. The van der Waals surface area contributed by atoms with Crippen LogP contribution in [0.4, 0.5) is 22.0 Å². The number of esters is 1. The summed E-state index contributed by atoms with van der Waals surface area (Å²) in [6.07, 6.45) is -7.68. The van der Waals surface area contributed by atoms with Crippen LogP contribution in [0.2, 0.25) is 0 Å². The van der Waals surface area contributed by atoms with Crippen LogP contribution in [0.5, 0.6) is 0 Å². The molecule has 0 aliphatic rings. The molecule has 7 heteroatoms. The standard InChI is InChI=1S/C6H7F5O2/c1-2-13-4(12)3-5(7,8)6(9,10)11/h2-3H2,1H3. The van der Waals surface area contributed by atoms with E-state index >= 15 is 0 Å². The molecule has 2 nitrogen and oxygen atoms in total. The quantitative estimate of drug-likeness (QED) is 0.522. The van der Waals surface area contributed by atoms with Gasteiger partial charge in [-0.2, -0.15) is 22.0 Å². The number of hydrogen-bond acceptors (Lipinski definition) is 2. The molecule has 0 radical (unpaired) electrons. The molecule has 0 aromatic rings. The largest absolute Gasteiger partial charge is 0.466 e. The van der Waals surface area contributed by atoms with E-state index in [-0.39, 0.29) is 6.61 Å². The van der Waals surface area contributed by atoms with Crippen molar-refractivity contribution >= 4 is 5.97 Å². The molecule has 0 rings (SSSR count). The van der Waals surface area contributed by atoms with E-state index in [0.29, 0.717) is 0 Å². The van der Waals surface area contributed by atoms with Gasteiger partial charge in [-0.3, -0.25) is 4.79 Å². The molecule has 0 saturated heterocycles. The van der Waals surface area contributed by atoms with Gasteiger partial charge in [-0.1, -0.05) is 0 Å². The third kappa shape index (κ3) is 3.56. The highest BCUT2D eigenvalue weighted by Gasteiger charge is 2.58. The van der Waals surface area contributed by atoms with Crippen molar-refractivity contribution < 1.29 is 31.5 Å². The lowest BCUT2D eigenvalue weighted by Gasteiger charge is -2.18. The van der Waals surface area contributed by atoms with E-state index in [4.69, 9.17) is 0 Å². The number of halogens is 5. The van der Waals surface area contributed by atoms with Crippen molar-refractivity contribution in [1.29, 1.82) is 0 Å². The number of rotatable bonds is 3. The molecule has 0 aliphatic carbocycles. The zero-order valence-corrected chi connectivity index (χ0v) is 6.62. The fourth-order valence-electron chi connectivity index (χ4n) is 0.494. The molecule has 0 N–H and O–H groups in total. The van der Waals surface area contributed by atoms with Gasteiger partial charge in [0.05, 0.1) is 6.61 Å². The van der Waals surface area contributed by atoms with Crippen LogP contribution in [0.25, 0.3) is 0 Å². The Balaban J connectivity index is 4.26. The van der Waals surface area contributed by atoms with Gasteiger partial charge in [-0.05, 0) is 6.92 Å². The summed E-state index contributed by atoms with van der Waals surface area (Å²) in [4.78, 5) is 10.3. The average molecular weight is 206 g/mol. The zero-order valence-electron chi connectivity index (χ0n) is 6.62. The number of alkyl halides is 5. The van der Waals surface area contributed by atoms with Gasteiger partial charge in [0.1, 0.15) is 6.42 Å². The smallest absolute Gasteiger partial charge is 0.453 e. The van der Waals surface area contributed by atoms with E-state index in [1.165, 1.54) is 6.92 Å². The van der Waals surface area contributed by atoms with Crippen LogP contribution in [0.1, 0.15) is 13.3 Å². The van der Waals surface area contributed by atoms with Crippen molar-refractivity contribution in [1.82, 2.24) is 0 Å². The van der Waals surface area contributed by atoms with Crippen LogP contribution >= 0.6 is 0 Å². The third-order valence-electron chi connectivity index (χ3n) is 1.09. The minimum Gasteiger partial charge on any atom is -0.466 e. The molecule has 0 unspecified atom stereocenters. The van der Waals surface area contributed by atoms with Crippen molar-refractivity contribution in [3.8, 4) is 0 Å². The monoisotopic (exact) mass is 206 g/mol. The summed E-state index contributed by atoms with van der Waals surface area (Å²) in [5, 5.41) is 0. The Kier molecular flexibility index (Phi) is 3.62. The topological polar surface area (TPSA) is 26.3 Å². The normalized spacial score (nSPS) is 12.8. The maximum Gasteiger partial charge on any atom is 0.453 e. The van der Waals surface area contributed by atoms with E-state index in [2.05, 4.69) is 4.74 Å². The summed E-state index contributed by atoms with van der Waals surface area (Å²) in [7, 11) is 0. The van der Waals surface area contributed by atoms with Gasteiger partial charge < -0.3 is 4.74 Å². The Morgan fingerprint density at radius 3 is 2.00 bits per heavy atom. The van der Waals surface area contributed by atoms with Crippen molar-refractivity contribution in [2.45, 2.75) is 25.4 Å². The molecule has 0 aromatic heterocycles. The van der Waals surface area contributed by atoms with Gasteiger partial charge in [0.15, 0.2) is 0 Å². The van der Waals surface area contributed by atoms with Crippen molar-refractivity contribution in [3.63, 3.8) is 0 Å². The molecule has 0 aliphatic heterocycles. The van der Waals surface area contributed by atoms with E-state index in [0.717, 1.165) is 0 Å². The van der Waals surface area contributed by atoms with Crippen molar-refractivity contribution in [2.24, 2.45) is 0 Å². The lowest BCUT2D eigenvalue weighted by Crippen LogP contribution is -2.38. The zero-order chi connectivity index (χ0) is 10.7. The Labute approximate surface area is 70.7 Å². The second kappa shape index (κ2) is 3.89. The molecule has 0 bridgehead atoms. The van der Waals surface area contributed by atoms with E-state index in [1.807, 2.05) is 0 Å². The molecule has 13 heavy (non-hydrogen) atoms.